The second kappa shape index (κ2) is 5.16. The van der Waals surface area contributed by atoms with Gasteiger partial charge < -0.3 is 18.9 Å². The van der Waals surface area contributed by atoms with Gasteiger partial charge in [0.15, 0.2) is 0 Å². The molecule has 0 amide bonds. The predicted octanol–water partition coefficient (Wildman–Crippen LogP) is 2.92. The maximum absolute atomic E-state index is 5.91. The topological polar surface area (TPSA) is 36.9 Å². The number of rotatable bonds is 4. The standard InChI is InChI=1S/C14H20O4/c1-5-17-10-7-6-8-11-13(10)12(15-3)9-14(2,16-4)18-11/h6-8,12H,5,9H2,1-4H3. The molecule has 0 bridgehead atoms. The molecule has 0 saturated carbocycles. The zero-order valence-corrected chi connectivity index (χ0v) is 11.4. The number of benzene rings is 1. The quantitative estimate of drug-likeness (QED) is 0.825. The van der Waals surface area contributed by atoms with E-state index < -0.39 is 5.79 Å². The molecule has 1 aliphatic heterocycles. The van der Waals surface area contributed by atoms with E-state index in [1.165, 1.54) is 0 Å². The van der Waals surface area contributed by atoms with E-state index in [1.807, 2.05) is 32.0 Å². The molecule has 1 aromatic rings. The van der Waals surface area contributed by atoms with Crippen LogP contribution in [0.3, 0.4) is 0 Å². The lowest BCUT2D eigenvalue weighted by Gasteiger charge is -2.38. The number of hydrogen-bond donors (Lipinski definition) is 0. The van der Waals surface area contributed by atoms with Gasteiger partial charge in [0.05, 0.1) is 18.3 Å². The highest BCUT2D eigenvalue weighted by Crippen LogP contribution is 2.45. The van der Waals surface area contributed by atoms with Crippen LogP contribution in [0.1, 0.15) is 31.9 Å². The smallest absolute Gasteiger partial charge is 0.210 e. The lowest BCUT2D eigenvalue weighted by molar-refractivity contribution is -0.184. The fraction of sp³-hybridized carbons (Fsp3) is 0.571. The zero-order chi connectivity index (χ0) is 13.2. The molecular formula is C14H20O4. The Labute approximate surface area is 108 Å². The molecule has 0 spiro atoms. The molecule has 4 nitrogen and oxygen atoms in total. The van der Waals surface area contributed by atoms with Gasteiger partial charge in [-0.15, -0.1) is 0 Å². The maximum atomic E-state index is 5.91. The highest BCUT2D eigenvalue weighted by Gasteiger charge is 2.39. The Hall–Kier alpha value is -1.26. The van der Waals surface area contributed by atoms with E-state index >= 15 is 0 Å². The van der Waals surface area contributed by atoms with Crippen LogP contribution in [0.4, 0.5) is 0 Å². The van der Waals surface area contributed by atoms with Gasteiger partial charge >= 0.3 is 0 Å². The summed E-state index contributed by atoms with van der Waals surface area (Å²) in [6.07, 6.45) is 0.554. The molecule has 2 rings (SSSR count). The van der Waals surface area contributed by atoms with Gasteiger partial charge in [0.2, 0.25) is 5.79 Å². The minimum atomic E-state index is -0.654. The number of fused-ring (bicyclic) bond motifs is 1. The summed E-state index contributed by atoms with van der Waals surface area (Å²) in [7, 11) is 3.34. The first kappa shape index (κ1) is 13.2. The van der Waals surface area contributed by atoms with E-state index in [0.717, 1.165) is 17.1 Å². The molecule has 100 valence electrons. The van der Waals surface area contributed by atoms with Crippen LogP contribution >= 0.6 is 0 Å². The van der Waals surface area contributed by atoms with Crippen molar-refractivity contribution in [1.29, 1.82) is 0 Å². The largest absolute Gasteiger partial charge is 0.493 e. The Morgan fingerprint density at radius 1 is 1.39 bits per heavy atom. The van der Waals surface area contributed by atoms with E-state index in [0.29, 0.717) is 13.0 Å². The summed E-state index contributed by atoms with van der Waals surface area (Å²) in [5.41, 5.74) is 0.969. The molecule has 0 fully saturated rings. The Morgan fingerprint density at radius 2 is 2.17 bits per heavy atom. The molecule has 0 aromatic heterocycles. The number of hydrogen-bond acceptors (Lipinski definition) is 4. The van der Waals surface area contributed by atoms with Gasteiger partial charge in [-0.1, -0.05) is 6.07 Å². The Kier molecular flexibility index (Phi) is 3.78. The van der Waals surface area contributed by atoms with Crippen LogP contribution in [-0.2, 0) is 9.47 Å². The van der Waals surface area contributed by atoms with Crippen molar-refractivity contribution in [2.45, 2.75) is 32.2 Å². The van der Waals surface area contributed by atoms with E-state index in [9.17, 15) is 0 Å². The third-order valence-electron chi connectivity index (χ3n) is 3.25. The fourth-order valence-electron chi connectivity index (χ4n) is 2.25. The summed E-state index contributed by atoms with van der Waals surface area (Å²) < 4.78 is 22.5. The van der Waals surface area contributed by atoms with Crippen molar-refractivity contribution in [1.82, 2.24) is 0 Å². The second-order valence-corrected chi connectivity index (χ2v) is 4.47. The van der Waals surface area contributed by atoms with Crippen LogP contribution in [0.15, 0.2) is 18.2 Å². The highest BCUT2D eigenvalue weighted by molar-refractivity contribution is 5.48. The van der Waals surface area contributed by atoms with Gasteiger partial charge in [0, 0.05) is 27.6 Å². The molecule has 1 aliphatic rings. The summed E-state index contributed by atoms with van der Waals surface area (Å²) in [5.74, 6) is 0.932. The van der Waals surface area contributed by atoms with Gasteiger partial charge in [0.25, 0.3) is 0 Å². The van der Waals surface area contributed by atoms with Crippen LogP contribution < -0.4 is 9.47 Å². The van der Waals surface area contributed by atoms with Crippen molar-refractivity contribution in [2.24, 2.45) is 0 Å². The van der Waals surface area contributed by atoms with Crippen LogP contribution in [0.25, 0.3) is 0 Å². The summed E-state index contributed by atoms with van der Waals surface area (Å²) in [4.78, 5) is 0. The summed E-state index contributed by atoms with van der Waals surface area (Å²) >= 11 is 0. The highest BCUT2D eigenvalue weighted by atomic mass is 16.7. The van der Waals surface area contributed by atoms with Gasteiger partial charge in [0.1, 0.15) is 11.5 Å². The van der Waals surface area contributed by atoms with Crippen molar-refractivity contribution in [3.8, 4) is 11.5 Å². The van der Waals surface area contributed by atoms with Gasteiger partial charge in [-0.05, 0) is 19.1 Å². The van der Waals surface area contributed by atoms with Gasteiger partial charge in [-0.25, -0.2) is 0 Å². The number of methoxy groups -OCH3 is 2. The van der Waals surface area contributed by atoms with E-state index in [-0.39, 0.29) is 6.10 Å². The zero-order valence-electron chi connectivity index (χ0n) is 11.4. The van der Waals surface area contributed by atoms with E-state index in [1.54, 1.807) is 14.2 Å². The van der Waals surface area contributed by atoms with Crippen molar-refractivity contribution < 1.29 is 18.9 Å². The van der Waals surface area contributed by atoms with Crippen LogP contribution in [0.2, 0.25) is 0 Å². The molecule has 0 aliphatic carbocycles. The van der Waals surface area contributed by atoms with Crippen molar-refractivity contribution in [3.63, 3.8) is 0 Å². The molecular weight excluding hydrogens is 232 g/mol. The molecule has 0 saturated heterocycles. The second-order valence-electron chi connectivity index (χ2n) is 4.47. The summed E-state index contributed by atoms with van der Waals surface area (Å²) in [6, 6.07) is 5.77. The minimum absolute atomic E-state index is 0.0820. The Morgan fingerprint density at radius 3 is 2.78 bits per heavy atom. The monoisotopic (exact) mass is 252 g/mol. The predicted molar refractivity (Wildman–Crippen MR) is 68.0 cm³/mol. The SMILES string of the molecule is CCOc1cccc2c1C(OC)CC(C)(OC)O2. The molecule has 1 heterocycles. The van der Waals surface area contributed by atoms with Crippen molar-refractivity contribution in [2.75, 3.05) is 20.8 Å². The Balaban J connectivity index is 2.43. The van der Waals surface area contributed by atoms with Crippen molar-refractivity contribution >= 4 is 0 Å². The first-order chi connectivity index (χ1) is 8.63. The molecule has 1 aromatic carbocycles. The van der Waals surface area contributed by atoms with Crippen molar-refractivity contribution in [3.05, 3.63) is 23.8 Å². The summed E-state index contributed by atoms with van der Waals surface area (Å²) in [6.45, 7) is 4.49. The lowest BCUT2D eigenvalue weighted by atomic mass is 9.96. The number of ether oxygens (including phenoxy) is 4. The van der Waals surface area contributed by atoms with E-state index in [2.05, 4.69) is 0 Å². The van der Waals surface area contributed by atoms with Gasteiger partial charge in [-0.3, -0.25) is 0 Å². The summed E-state index contributed by atoms with van der Waals surface area (Å²) in [5, 5.41) is 0. The third kappa shape index (κ3) is 2.31. The molecule has 4 heteroatoms. The third-order valence-corrected chi connectivity index (χ3v) is 3.25. The molecule has 2 atom stereocenters. The maximum Gasteiger partial charge on any atom is 0.210 e. The fourth-order valence-corrected chi connectivity index (χ4v) is 2.25. The van der Waals surface area contributed by atoms with Gasteiger partial charge in [-0.2, -0.15) is 0 Å². The van der Waals surface area contributed by atoms with Crippen LogP contribution in [0, 0.1) is 0 Å². The molecule has 2 unspecified atom stereocenters. The first-order valence-corrected chi connectivity index (χ1v) is 6.16. The van der Waals surface area contributed by atoms with E-state index in [4.69, 9.17) is 18.9 Å². The van der Waals surface area contributed by atoms with Crippen LogP contribution in [0.5, 0.6) is 11.5 Å². The Bertz CT molecular complexity index is 418. The normalized spacial score (nSPS) is 26.3. The first-order valence-electron chi connectivity index (χ1n) is 6.16. The average Bonchev–Trinajstić information content (AvgIpc) is 2.38. The molecule has 18 heavy (non-hydrogen) atoms. The average molecular weight is 252 g/mol. The lowest BCUT2D eigenvalue weighted by Crippen LogP contribution is -2.40. The molecule has 0 N–H and O–H groups in total. The van der Waals surface area contributed by atoms with Crippen LogP contribution in [-0.4, -0.2) is 26.6 Å². The minimum Gasteiger partial charge on any atom is -0.493 e. The molecule has 0 radical (unpaired) electrons.